The maximum atomic E-state index is 12.7. The molecule has 3 rings (SSSR count). The van der Waals surface area contributed by atoms with E-state index in [0.29, 0.717) is 6.42 Å². The second kappa shape index (κ2) is 7.89. The Morgan fingerprint density at radius 3 is 2.48 bits per heavy atom. The summed E-state index contributed by atoms with van der Waals surface area (Å²) in [6.45, 7) is 9.56. The molecule has 0 spiro atoms. The number of rotatable bonds is 7. The number of ether oxygens (including phenoxy) is 2. The van der Waals surface area contributed by atoms with Crippen molar-refractivity contribution >= 4 is 18.0 Å². The third kappa shape index (κ3) is 3.86. The number of esters is 1. The molecule has 2 saturated carbocycles. The van der Waals surface area contributed by atoms with Crippen molar-refractivity contribution in [2.45, 2.75) is 45.8 Å². The SMILES string of the molecule is C=CCOC(=O)N[C@@]1(C(=O)O)CC[C@H]2[C@H](C(=O)OCc3c(C)cc(C)cc3C)[C@H]21. The Morgan fingerprint density at radius 1 is 1.24 bits per heavy atom. The van der Waals surface area contributed by atoms with Gasteiger partial charge in [-0.1, -0.05) is 30.4 Å². The minimum absolute atomic E-state index is 0.0175. The number of benzene rings is 1. The molecule has 0 unspecified atom stereocenters. The van der Waals surface area contributed by atoms with Crippen molar-refractivity contribution < 1.29 is 29.0 Å². The zero-order valence-electron chi connectivity index (χ0n) is 17.0. The van der Waals surface area contributed by atoms with Crippen molar-refractivity contribution in [3.63, 3.8) is 0 Å². The molecule has 0 bridgehead atoms. The van der Waals surface area contributed by atoms with Crippen LogP contribution in [0.1, 0.15) is 35.1 Å². The summed E-state index contributed by atoms with van der Waals surface area (Å²) in [6, 6.07) is 4.08. The van der Waals surface area contributed by atoms with Crippen LogP contribution in [0.4, 0.5) is 4.79 Å². The summed E-state index contributed by atoms with van der Waals surface area (Å²) < 4.78 is 10.4. The fourth-order valence-electron chi connectivity index (χ4n) is 4.77. The molecule has 0 saturated heterocycles. The lowest BCUT2D eigenvalue weighted by atomic mass is 9.90. The fourth-order valence-corrected chi connectivity index (χ4v) is 4.77. The molecule has 2 N–H and O–H groups in total. The van der Waals surface area contributed by atoms with Gasteiger partial charge in [0.2, 0.25) is 0 Å². The van der Waals surface area contributed by atoms with E-state index < -0.39 is 35.4 Å². The zero-order chi connectivity index (χ0) is 21.3. The first-order chi connectivity index (χ1) is 13.7. The highest BCUT2D eigenvalue weighted by Gasteiger charge is 2.72. The van der Waals surface area contributed by atoms with E-state index in [1.54, 1.807) is 0 Å². The first kappa shape index (κ1) is 20.9. The third-order valence-electron chi connectivity index (χ3n) is 6.12. The van der Waals surface area contributed by atoms with Gasteiger partial charge in [-0.05, 0) is 56.2 Å². The fraction of sp³-hybridized carbons (Fsp3) is 0.500. The van der Waals surface area contributed by atoms with E-state index in [1.807, 2.05) is 32.9 Å². The van der Waals surface area contributed by atoms with E-state index in [1.165, 1.54) is 6.08 Å². The predicted octanol–water partition coefficient (Wildman–Crippen LogP) is 3.05. The lowest BCUT2D eigenvalue weighted by Gasteiger charge is -2.28. The molecule has 1 aromatic rings. The van der Waals surface area contributed by atoms with Crippen molar-refractivity contribution in [1.82, 2.24) is 5.32 Å². The number of amides is 1. The first-order valence-electron chi connectivity index (χ1n) is 9.74. The second-order valence-electron chi connectivity index (χ2n) is 8.03. The summed E-state index contributed by atoms with van der Waals surface area (Å²) in [5.41, 5.74) is 2.72. The van der Waals surface area contributed by atoms with Crippen molar-refractivity contribution in [1.29, 1.82) is 0 Å². The van der Waals surface area contributed by atoms with Crippen LogP contribution in [0.25, 0.3) is 0 Å². The number of hydrogen-bond donors (Lipinski definition) is 2. The zero-order valence-corrected chi connectivity index (χ0v) is 17.0. The van der Waals surface area contributed by atoms with Gasteiger partial charge in [0.15, 0.2) is 0 Å². The highest BCUT2D eigenvalue weighted by molar-refractivity contribution is 5.89. The highest BCUT2D eigenvalue weighted by atomic mass is 16.5. The molecule has 1 aromatic carbocycles. The quantitative estimate of drug-likeness (QED) is 0.538. The Morgan fingerprint density at radius 2 is 1.90 bits per heavy atom. The van der Waals surface area contributed by atoms with Gasteiger partial charge in [-0.25, -0.2) is 9.59 Å². The minimum Gasteiger partial charge on any atom is -0.479 e. The van der Waals surface area contributed by atoms with E-state index in [2.05, 4.69) is 11.9 Å². The molecule has 0 aliphatic heterocycles. The van der Waals surface area contributed by atoms with Crippen LogP contribution < -0.4 is 5.32 Å². The van der Waals surface area contributed by atoms with Crippen molar-refractivity contribution in [2.75, 3.05) is 6.61 Å². The van der Waals surface area contributed by atoms with Crippen LogP contribution in [0.5, 0.6) is 0 Å². The number of alkyl carbamates (subject to hydrolysis) is 1. The van der Waals surface area contributed by atoms with Gasteiger partial charge in [0.1, 0.15) is 18.8 Å². The van der Waals surface area contributed by atoms with Gasteiger partial charge in [0, 0.05) is 5.92 Å². The number of carboxylic acids is 1. The number of hydrogen-bond acceptors (Lipinski definition) is 5. The predicted molar refractivity (Wildman–Crippen MR) is 105 cm³/mol. The number of carboxylic acid groups (broad SMARTS) is 1. The molecule has 7 nitrogen and oxygen atoms in total. The molecular weight excluding hydrogens is 374 g/mol. The molecule has 0 aromatic heterocycles. The van der Waals surface area contributed by atoms with Gasteiger partial charge in [-0.15, -0.1) is 0 Å². The summed E-state index contributed by atoms with van der Waals surface area (Å²) in [5, 5.41) is 12.3. The van der Waals surface area contributed by atoms with Crippen molar-refractivity contribution in [3.05, 3.63) is 47.0 Å². The molecule has 2 aliphatic rings. The number of fused-ring (bicyclic) bond motifs is 1. The molecule has 2 aliphatic carbocycles. The van der Waals surface area contributed by atoms with Crippen LogP contribution in [0.3, 0.4) is 0 Å². The summed E-state index contributed by atoms with van der Waals surface area (Å²) in [7, 11) is 0. The average Bonchev–Trinajstić information content (AvgIpc) is 3.26. The number of aliphatic carboxylic acids is 1. The molecule has 4 atom stereocenters. The lowest BCUT2D eigenvalue weighted by Crippen LogP contribution is -2.56. The van der Waals surface area contributed by atoms with Crippen LogP contribution in [0.2, 0.25) is 0 Å². The minimum atomic E-state index is -1.50. The maximum Gasteiger partial charge on any atom is 0.408 e. The average molecular weight is 401 g/mol. The van der Waals surface area contributed by atoms with Crippen LogP contribution in [0.15, 0.2) is 24.8 Å². The smallest absolute Gasteiger partial charge is 0.408 e. The molecule has 156 valence electrons. The van der Waals surface area contributed by atoms with Gasteiger partial charge in [-0.3, -0.25) is 4.79 Å². The van der Waals surface area contributed by atoms with E-state index in [0.717, 1.165) is 22.3 Å². The third-order valence-corrected chi connectivity index (χ3v) is 6.12. The Hall–Kier alpha value is -2.83. The normalized spacial score (nSPS) is 26.9. The maximum absolute atomic E-state index is 12.7. The summed E-state index contributed by atoms with van der Waals surface area (Å²) in [4.78, 5) is 36.6. The number of aryl methyl sites for hydroxylation is 3. The van der Waals surface area contributed by atoms with Gasteiger partial charge in [0.25, 0.3) is 0 Å². The van der Waals surface area contributed by atoms with Crippen molar-refractivity contribution in [3.8, 4) is 0 Å². The first-order valence-corrected chi connectivity index (χ1v) is 9.74. The largest absolute Gasteiger partial charge is 0.479 e. The lowest BCUT2D eigenvalue weighted by molar-refractivity contribution is -0.149. The standard InChI is InChI=1S/C22H27NO6/c1-5-8-28-21(27)23-22(20(25)26)7-6-15-17(18(15)22)19(24)29-11-16-13(3)9-12(2)10-14(16)4/h5,9-10,15,17-18H,1,6-8,11H2,2-4H3,(H,23,27)(H,25,26)/t15-,17-,18-,22-/m0/s1. The topological polar surface area (TPSA) is 102 Å². The highest BCUT2D eigenvalue weighted by Crippen LogP contribution is 2.62. The monoisotopic (exact) mass is 401 g/mol. The van der Waals surface area contributed by atoms with E-state index in [-0.39, 0.29) is 25.6 Å². The van der Waals surface area contributed by atoms with Crippen LogP contribution >= 0.6 is 0 Å². The Bertz CT molecular complexity index is 840. The number of nitrogens with one attached hydrogen (secondary N) is 1. The number of carbonyl (C=O) groups is 3. The summed E-state index contributed by atoms with van der Waals surface area (Å²) in [5.74, 6) is -2.67. The van der Waals surface area contributed by atoms with E-state index >= 15 is 0 Å². The molecule has 0 radical (unpaired) electrons. The molecule has 29 heavy (non-hydrogen) atoms. The Kier molecular flexibility index (Phi) is 5.68. The van der Waals surface area contributed by atoms with Gasteiger partial charge >= 0.3 is 18.0 Å². The summed E-state index contributed by atoms with van der Waals surface area (Å²) in [6.07, 6.45) is 1.39. The number of carbonyl (C=O) groups excluding carboxylic acids is 2. The summed E-state index contributed by atoms with van der Waals surface area (Å²) >= 11 is 0. The van der Waals surface area contributed by atoms with E-state index in [4.69, 9.17) is 9.47 Å². The molecule has 7 heteroatoms. The Labute approximate surface area is 170 Å². The van der Waals surface area contributed by atoms with Crippen molar-refractivity contribution in [2.24, 2.45) is 17.8 Å². The molecule has 1 amide bonds. The molecule has 0 heterocycles. The van der Waals surface area contributed by atoms with Gasteiger partial charge in [-0.2, -0.15) is 0 Å². The van der Waals surface area contributed by atoms with E-state index in [9.17, 15) is 19.5 Å². The van der Waals surface area contributed by atoms with Crippen LogP contribution in [-0.4, -0.2) is 35.3 Å². The molecule has 2 fully saturated rings. The van der Waals surface area contributed by atoms with Crippen LogP contribution in [0, 0.1) is 38.5 Å². The van der Waals surface area contributed by atoms with Gasteiger partial charge < -0.3 is 19.9 Å². The Balaban J connectivity index is 1.67. The molecular formula is C22H27NO6. The second-order valence-corrected chi connectivity index (χ2v) is 8.03. The van der Waals surface area contributed by atoms with Crippen LogP contribution in [-0.2, 0) is 25.7 Å². The van der Waals surface area contributed by atoms with Gasteiger partial charge in [0.05, 0.1) is 5.92 Å².